The van der Waals surface area contributed by atoms with Gasteiger partial charge < -0.3 is 24.0 Å². The molecule has 0 atom stereocenters. The number of amides is 1. The highest BCUT2D eigenvalue weighted by Crippen LogP contribution is 2.34. The number of rotatable bonds is 6. The van der Waals surface area contributed by atoms with Crippen molar-refractivity contribution in [2.45, 2.75) is 59.5 Å². The Balaban J connectivity index is 0.000000341. The van der Waals surface area contributed by atoms with E-state index in [1.165, 1.54) is 0 Å². The Morgan fingerprint density at radius 2 is 1.74 bits per heavy atom. The van der Waals surface area contributed by atoms with Crippen molar-refractivity contribution in [3.05, 3.63) is 47.0 Å². The van der Waals surface area contributed by atoms with Gasteiger partial charge in [-0.3, -0.25) is 4.79 Å². The van der Waals surface area contributed by atoms with E-state index >= 15 is 0 Å². The third-order valence-electron chi connectivity index (χ3n) is 5.50. The Kier molecular flexibility index (Phi) is 11.5. The van der Waals surface area contributed by atoms with E-state index in [9.17, 15) is 14.5 Å². The van der Waals surface area contributed by atoms with Crippen LogP contribution >= 0.6 is 7.14 Å². The van der Waals surface area contributed by atoms with E-state index in [-0.39, 0.29) is 5.91 Å². The maximum atomic E-state index is 12.2. The van der Waals surface area contributed by atoms with Crippen LogP contribution in [0.3, 0.4) is 0 Å². The molecule has 0 unspecified atom stereocenters. The van der Waals surface area contributed by atoms with Gasteiger partial charge in [0.25, 0.3) is 5.91 Å². The lowest BCUT2D eigenvalue weighted by Gasteiger charge is -2.44. The van der Waals surface area contributed by atoms with Crippen LogP contribution in [0.5, 0.6) is 11.6 Å². The number of benzene rings is 1. The molecule has 1 saturated heterocycles. The molecule has 3 rings (SSSR count). The maximum absolute atomic E-state index is 12.2. The molecular weight excluding hydrogens is 463 g/mol. The number of methoxy groups -OCH3 is 2. The highest BCUT2D eigenvalue weighted by molar-refractivity contribution is 7.69. The molecule has 7 nitrogen and oxygen atoms in total. The number of nitrogens with zero attached hydrogens (tertiary/aromatic N) is 2. The minimum Gasteiger partial charge on any atom is -0.496 e. The van der Waals surface area contributed by atoms with Gasteiger partial charge in [0.2, 0.25) is 5.88 Å². The summed E-state index contributed by atoms with van der Waals surface area (Å²) in [6.45, 7) is 16.1. The number of pyridine rings is 1. The second-order valence-corrected chi connectivity index (χ2v) is 12.5. The first kappa shape index (κ1) is 30.7. The lowest BCUT2D eigenvalue weighted by atomic mass is 9.95. The molecule has 1 aromatic carbocycles. The van der Waals surface area contributed by atoms with Crippen LogP contribution in [0, 0.1) is 0 Å². The monoisotopic (exact) mass is 506 g/mol. The number of β-amino-alcohol motifs (C(OH)–C–C–N with tert-alkyl or cyclic N) is 1. The van der Waals surface area contributed by atoms with E-state index in [2.05, 4.69) is 18.8 Å². The standard InChI is InChI=1S/C15H21NO3.C10H16NO2P.C2H6/c1-10(2)12-6-5-11(7-13(12)19-4)14(17)16-8-15(3,18)9-16;1-5-8-6-7-9(14(3,4)12)11-10(8)13-2;1-2/h5-7,10,18H,8-9H2,1-4H3;6-7H,5H2,1-4H3;1-2H3. The summed E-state index contributed by atoms with van der Waals surface area (Å²) >= 11 is 0. The average Bonchev–Trinajstić information content (AvgIpc) is 2.82. The van der Waals surface area contributed by atoms with Crippen LogP contribution < -0.4 is 14.9 Å². The summed E-state index contributed by atoms with van der Waals surface area (Å²) in [5.41, 5.74) is 2.64. The van der Waals surface area contributed by atoms with Crippen LogP contribution in [0.1, 0.15) is 68.9 Å². The number of aryl methyl sites for hydroxylation is 1. The Morgan fingerprint density at radius 3 is 2.17 bits per heavy atom. The van der Waals surface area contributed by atoms with E-state index in [0.717, 1.165) is 23.3 Å². The molecule has 35 heavy (non-hydrogen) atoms. The van der Waals surface area contributed by atoms with Gasteiger partial charge in [0.05, 0.1) is 32.9 Å². The molecule has 1 aliphatic rings. The Morgan fingerprint density at radius 1 is 1.14 bits per heavy atom. The highest BCUT2D eigenvalue weighted by Gasteiger charge is 2.39. The molecule has 1 amide bonds. The number of carbonyl (C=O) groups is 1. The van der Waals surface area contributed by atoms with Crippen molar-refractivity contribution < 1.29 is 23.9 Å². The Bertz CT molecular complexity index is 1020. The summed E-state index contributed by atoms with van der Waals surface area (Å²) in [6.07, 6.45) is 0.869. The van der Waals surface area contributed by atoms with Crippen molar-refractivity contribution in [2.24, 2.45) is 0 Å². The number of likely N-dealkylation sites (tertiary alicyclic amines) is 1. The fourth-order valence-corrected chi connectivity index (χ4v) is 4.39. The summed E-state index contributed by atoms with van der Waals surface area (Å²) in [5, 5.41) is 9.68. The van der Waals surface area contributed by atoms with Crippen LogP contribution in [0.2, 0.25) is 0 Å². The molecule has 0 aliphatic carbocycles. The molecule has 8 heteroatoms. The molecule has 0 saturated carbocycles. The normalized spacial score (nSPS) is 14.1. The quantitative estimate of drug-likeness (QED) is 0.558. The fraction of sp³-hybridized carbons (Fsp3) is 0.556. The lowest BCUT2D eigenvalue weighted by Crippen LogP contribution is -2.61. The van der Waals surface area contributed by atoms with Crippen molar-refractivity contribution in [2.75, 3.05) is 40.6 Å². The second kappa shape index (κ2) is 13.1. The number of hydrogen-bond donors (Lipinski definition) is 1. The molecule has 196 valence electrons. The van der Waals surface area contributed by atoms with E-state index in [4.69, 9.17) is 9.47 Å². The van der Waals surface area contributed by atoms with Gasteiger partial charge in [0, 0.05) is 11.1 Å². The van der Waals surface area contributed by atoms with Crippen molar-refractivity contribution in [3.8, 4) is 11.6 Å². The van der Waals surface area contributed by atoms with Crippen molar-refractivity contribution in [1.82, 2.24) is 9.88 Å². The zero-order valence-corrected chi connectivity index (χ0v) is 23.9. The van der Waals surface area contributed by atoms with Gasteiger partial charge in [-0.2, -0.15) is 0 Å². The summed E-state index contributed by atoms with van der Waals surface area (Å²) in [4.78, 5) is 18.1. The van der Waals surface area contributed by atoms with Gasteiger partial charge in [0.15, 0.2) is 0 Å². The molecule has 2 heterocycles. The summed E-state index contributed by atoms with van der Waals surface area (Å²) < 4.78 is 22.3. The zero-order valence-electron chi connectivity index (χ0n) is 23.0. The van der Waals surface area contributed by atoms with Crippen molar-refractivity contribution in [1.29, 1.82) is 0 Å². The van der Waals surface area contributed by atoms with Gasteiger partial charge in [-0.15, -0.1) is 0 Å². The van der Waals surface area contributed by atoms with Gasteiger partial charge >= 0.3 is 0 Å². The summed E-state index contributed by atoms with van der Waals surface area (Å²) in [5.74, 6) is 1.63. The minimum atomic E-state index is -2.28. The first-order chi connectivity index (χ1) is 16.3. The van der Waals surface area contributed by atoms with Gasteiger partial charge in [-0.1, -0.05) is 46.8 Å². The Labute approximate surface area is 211 Å². The smallest absolute Gasteiger partial charge is 0.254 e. The van der Waals surface area contributed by atoms with Crippen LogP contribution in [0.4, 0.5) is 0 Å². The predicted molar refractivity (Wildman–Crippen MR) is 144 cm³/mol. The molecule has 1 fully saturated rings. The lowest BCUT2D eigenvalue weighted by molar-refractivity contribution is -0.0668. The minimum absolute atomic E-state index is 0.0554. The van der Waals surface area contributed by atoms with Crippen LogP contribution in [0.15, 0.2) is 30.3 Å². The number of aliphatic hydroxyl groups is 1. The fourth-order valence-electron chi connectivity index (χ4n) is 3.63. The van der Waals surface area contributed by atoms with Gasteiger partial charge in [-0.25, -0.2) is 4.98 Å². The molecule has 0 spiro atoms. The maximum Gasteiger partial charge on any atom is 0.254 e. The molecule has 0 bridgehead atoms. The van der Waals surface area contributed by atoms with Gasteiger partial charge in [0.1, 0.15) is 18.3 Å². The van der Waals surface area contributed by atoms with E-state index < -0.39 is 12.7 Å². The van der Waals surface area contributed by atoms with Crippen LogP contribution in [-0.4, -0.2) is 67.1 Å². The predicted octanol–water partition coefficient (Wildman–Crippen LogP) is 4.95. The van der Waals surface area contributed by atoms with E-state index in [0.29, 0.717) is 35.9 Å². The average molecular weight is 507 g/mol. The molecule has 1 aromatic heterocycles. The number of ether oxygens (including phenoxy) is 2. The third kappa shape index (κ3) is 8.36. The molecule has 1 aliphatic heterocycles. The number of hydrogen-bond acceptors (Lipinski definition) is 6. The highest BCUT2D eigenvalue weighted by atomic mass is 31.2. The molecule has 1 N–H and O–H groups in total. The SMILES string of the molecule is CC.CCc1ccc(P(C)(C)=O)nc1OC.COc1cc(C(=O)N2CC(C)(O)C2)ccc1C(C)C. The molecule has 0 radical (unpaired) electrons. The van der Waals surface area contributed by atoms with Crippen molar-refractivity contribution in [3.63, 3.8) is 0 Å². The Hall–Kier alpha value is -2.37. The topological polar surface area (TPSA) is 89.0 Å². The third-order valence-corrected chi connectivity index (χ3v) is 6.86. The largest absolute Gasteiger partial charge is 0.496 e. The number of carbonyl (C=O) groups excluding carboxylic acids is 1. The summed E-state index contributed by atoms with van der Waals surface area (Å²) in [6, 6.07) is 9.30. The van der Waals surface area contributed by atoms with Crippen molar-refractivity contribution >= 4 is 18.5 Å². The molecule has 2 aromatic rings. The zero-order chi connectivity index (χ0) is 27.0. The molecular formula is C27H43N2O5P. The van der Waals surface area contributed by atoms with E-state index in [1.807, 2.05) is 45.0 Å². The van der Waals surface area contributed by atoms with Gasteiger partial charge in [-0.05, 0) is 56.4 Å². The second-order valence-electron chi connectivity index (χ2n) is 9.31. The van der Waals surface area contributed by atoms with Crippen LogP contribution in [0.25, 0.3) is 0 Å². The number of aromatic nitrogens is 1. The summed E-state index contributed by atoms with van der Waals surface area (Å²) in [7, 11) is 0.920. The first-order valence-electron chi connectivity index (χ1n) is 12.1. The van der Waals surface area contributed by atoms with E-state index in [1.54, 1.807) is 45.4 Å². The first-order valence-corrected chi connectivity index (χ1v) is 14.7. The van der Waals surface area contributed by atoms with Crippen LogP contribution in [-0.2, 0) is 11.0 Å².